The predicted octanol–water partition coefficient (Wildman–Crippen LogP) is 0.849. The summed E-state index contributed by atoms with van der Waals surface area (Å²) in [5.41, 5.74) is 0. The van der Waals surface area contributed by atoms with E-state index in [4.69, 9.17) is 23.7 Å². The maximum absolute atomic E-state index is 11.6. The van der Waals surface area contributed by atoms with Gasteiger partial charge in [-0.2, -0.15) is 0 Å². The van der Waals surface area contributed by atoms with Gasteiger partial charge in [0, 0.05) is 13.8 Å². The average Bonchev–Trinajstić information content (AvgIpc) is 2.41. The van der Waals surface area contributed by atoms with Crippen LogP contribution >= 0.6 is 0 Å². The molecule has 0 radical (unpaired) electrons. The molecule has 0 spiro atoms. The van der Waals surface area contributed by atoms with Crippen molar-refractivity contribution in [1.29, 1.82) is 0 Å². The molecule has 24 heavy (non-hydrogen) atoms. The minimum atomic E-state index is -0.870. The molecule has 2 fully saturated rings. The van der Waals surface area contributed by atoms with Gasteiger partial charge >= 0.3 is 5.97 Å². The molecule has 2 aliphatic heterocycles. The molecule has 5 unspecified atom stereocenters. The van der Waals surface area contributed by atoms with Gasteiger partial charge in [-0.05, 0) is 20.8 Å². The Labute approximate surface area is 141 Å². The molecular weight excluding hydrogens is 318 g/mol. The minimum Gasteiger partial charge on any atom is -0.468 e. The summed E-state index contributed by atoms with van der Waals surface area (Å²) in [6, 6.07) is -0.738. The molecule has 0 saturated carbocycles. The molecule has 2 aliphatic rings. The highest BCUT2D eigenvalue weighted by Gasteiger charge is 2.54. The Kier molecular flexibility index (Phi) is 5.52. The van der Waals surface area contributed by atoms with E-state index in [1.54, 1.807) is 20.8 Å². The van der Waals surface area contributed by atoms with Crippen molar-refractivity contribution in [3.8, 4) is 0 Å². The largest absolute Gasteiger partial charge is 0.468 e. The fraction of sp³-hybridized carbons (Fsp3) is 0.750. The second kappa shape index (κ2) is 7.08. The quantitative estimate of drug-likeness (QED) is 0.597. The molecule has 2 rings (SSSR count). The van der Waals surface area contributed by atoms with Crippen molar-refractivity contribution in [1.82, 2.24) is 5.32 Å². The number of amides is 1. The number of carbonyl (C=O) groups excluding carboxylic acids is 2. The van der Waals surface area contributed by atoms with Crippen LogP contribution in [0.15, 0.2) is 12.3 Å². The third kappa shape index (κ3) is 4.46. The smallest absolute Gasteiger partial charge is 0.303 e. The van der Waals surface area contributed by atoms with Crippen LogP contribution in [0, 0.1) is 0 Å². The van der Waals surface area contributed by atoms with Crippen molar-refractivity contribution in [3.05, 3.63) is 12.3 Å². The lowest BCUT2D eigenvalue weighted by Gasteiger charge is -2.50. The van der Waals surface area contributed by atoms with Crippen LogP contribution in [-0.2, 0) is 33.3 Å². The maximum atomic E-state index is 11.6. The van der Waals surface area contributed by atoms with Gasteiger partial charge in [0.25, 0.3) is 0 Å². The van der Waals surface area contributed by atoms with Gasteiger partial charge in [0.2, 0.25) is 12.2 Å². The highest BCUT2D eigenvalue weighted by Crippen LogP contribution is 2.34. The zero-order valence-corrected chi connectivity index (χ0v) is 14.7. The number of ether oxygens (including phenoxy) is 5. The van der Waals surface area contributed by atoms with Gasteiger partial charge in [0.1, 0.15) is 18.2 Å². The monoisotopic (exact) mass is 343 g/mol. The lowest BCUT2D eigenvalue weighted by molar-refractivity contribution is -0.366. The van der Waals surface area contributed by atoms with Gasteiger partial charge in [-0.15, -0.1) is 0 Å². The normalized spacial score (nSPS) is 34.6. The molecule has 0 aliphatic carbocycles. The fourth-order valence-corrected chi connectivity index (χ4v) is 2.84. The molecule has 8 heteroatoms. The third-order valence-corrected chi connectivity index (χ3v) is 3.65. The predicted molar refractivity (Wildman–Crippen MR) is 82.6 cm³/mol. The number of nitrogens with one attached hydrogen (secondary N) is 1. The molecule has 136 valence electrons. The molecule has 2 saturated heterocycles. The van der Waals surface area contributed by atoms with E-state index in [0.717, 1.165) is 0 Å². The molecule has 2 heterocycles. The van der Waals surface area contributed by atoms with E-state index in [0.29, 0.717) is 5.76 Å². The first-order valence-corrected chi connectivity index (χ1v) is 7.83. The molecule has 0 aromatic heterocycles. The average molecular weight is 343 g/mol. The first-order valence-electron chi connectivity index (χ1n) is 7.83. The lowest BCUT2D eigenvalue weighted by Crippen LogP contribution is -2.69. The van der Waals surface area contributed by atoms with Crippen molar-refractivity contribution >= 4 is 11.9 Å². The van der Waals surface area contributed by atoms with Gasteiger partial charge in [-0.1, -0.05) is 6.58 Å². The van der Waals surface area contributed by atoms with Crippen molar-refractivity contribution in [2.24, 2.45) is 0 Å². The molecule has 0 aromatic rings. The Morgan fingerprint density at radius 3 is 2.42 bits per heavy atom. The summed E-state index contributed by atoms with van der Waals surface area (Å²) in [5.74, 6) is -1.24. The Bertz CT molecular complexity index is 519. The van der Waals surface area contributed by atoms with Crippen LogP contribution in [0.25, 0.3) is 0 Å². The van der Waals surface area contributed by atoms with E-state index in [2.05, 4.69) is 11.9 Å². The third-order valence-electron chi connectivity index (χ3n) is 3.65. The zero-order chi connectivity index (χ0) is 18.1. The van der Waals surface area contributed by atoms with Crippen LogP contribution < -0.4 is 5.32 Å². The second-order valence-corrected chi connectivity index (χ2v) is 6.46. The van der Waals surface area contributed by atoms with Crippen LogP contribution in [0.1, 0.15) is 34.6 Å². The van der Waals surface area contributed by atoms with Crippen LogP contribution in [0.4, 0.5) is 0 Å². The fourth-order valence-electron chi connectivity index (χ4n) is 2.84. The van der Waals surface area contributed by atoms with Crippen LogP contribution in [0.2, 0.25) is 0 Å². The second-order valence-electron chi connectivity index (χ2n) is 6.46. The summed E-state index contributed by atoms with van der Waals surface area (Å²) < 4.78 is 28.4. The molecule has 1 amide bonds. The Morgan fingerprint density at radius 2 is 1.88 bits per heavy atom. The van der Waals surface area contributed by atoms with Gasteiger partial charge in [0.15, 0.2) is 11.9 Å². The Morgan fingerprint density at radius 1 is 1.21 bits per heavy atom. The highest BCUT2D eigenvalue weighted by atomic mass is 16.8. The number of carbonyl (C=O) groups is 2. The van der Waals surface area contributed by atoms with E-state index in [9.17, 15) is 9.59 Å². The van der Waals surface area contributed by atoms with E-state index in [-0.39, 0.29) is 12.5 Å². The summed E-state index contributed by atoms with van der Waals surface area (Å²) in [5, 5.41) is 2.72. The number of rotatable bonds is 4. The van der Waals surface area contributed by atoms with E-state index in [1.807, 2.05) is 0 Å². The van der Waals surface area contributed by atoms with Gasteiger partial charge < -0.3 is 29.0 Å². The molecule has 0 bridgehead atoms. The summed E-state index contributed by atoms with van der Waals surface area (Å²) in [6.45, 7) is 11.8. The van der Waals surface area contributed by atoms with Crippen molar-refractivity contribution in [3.63, 3.8) is 0 Å². The molecular formula is C16H25NO7. The van der Waals surface area contributed by atoms with Crippen LogP contribution in [0.3, 0.4) is 0 Å². The molecule has 5 atom stereocenters. The van der Waals surface area contributed by atoms with Crippen molar-refractivity contribution in [2.45, 2.75) is 71.0 Å². The molecule has 0 aromatic carbocycles. The van der Waals surface area contributed by atoms with E-state index < -0.39 is 42.4 Å². The lowest BCUT2D eigenvalue weighted by atomic mass is 9.95. The molecule has 8 nitrogen and oxygen atoms in total. The molecule has 1 N–H and O–H groups in total. The van der Waals surface area contributed by atoms with Crippen LogP contribution in [-0.4, -0.2) is 54.9 Å². The number of fused-ring (bicyclic) bond motifs is 1. The first-order chi connectivity index (χ1) is 11.1. The first kappa shape index (κ1) is 18.7. The summed E-state index contributed by atoms with van der Waals surface area (Å²) >= 11 is 0. The van der Waals surface area contributed by atoms with Crippen molar-refractivity contribution in [2.75, 3.05) is 6.61 Å². The Balaban J connectivity index is 2.33. The summed E-state index contributed by atoms with van der Waals surface area (Å²) in [6.07, 6.45) is -2.75. The van der Waals surface area contributed by atoms with E-state index >= 15 is 0 Å². The minimum absolute atomic E-state index is 0.248. The summed E-state index contributed by atoms with van der Waals surface area (Å²) in [7, 11) is 0. The SMILES string of the molecule is C=C(C)OC1OC2COC(C)(C)OC2C(OC(C)=O)C1NC(C)=O. The van der Waals surface area contributed by atoms with Crippen LogP contribution in [0.5, 0.6) is 0 Å². The number of allylic oxidation sites excluding steroid dienone is 1. The maximum Gasteiger partial charge on any atom is 0.303 e. The topological polar surface area (TPSA) is 92.3 Å². The highest BCUT2D eigenvalue weighted by molar-refractivity contribution is 5.73. The van der Waals surface area contributed by atoms with Crippen molar-refractivity contribution < 1.29 is 33.3 Å². The number of hydrogen-bond donors (Lipinski definition) is 1. The van der Waals surface area contributed by atoms with E-state index in [1.165, 1.54) is 13.8 Å². The van der Waals surface area contributed by atoms with Gasteiger partial charge in [-0.3, -0.25) is 9.59 Å². The standard InChI is InChI=1S/C16H25NO7/c1-8(2)21-15-12(17-9(3)18)14(22-10(4)19)13-11(23-15)7-20-16(5,6)24-13/h11-15H,1,7H2,2-6H3,(H,17,18). The zero-order valence-electron chi connectivity index (χ0n) is 14.7. The number of esters is 1. The number of hydrogen-bond acceptors (Lipinski definition) is 7. The van der Waals surface area contributed by atoms with Gasteiger partial charge in [0.05, 0.1) is 12.4 Å². The Hall–Kier alpha value is -1.64. The van der Waals surface area contributed by atoms with Gasteiger partial charge in [-0.25, -0.2) is 0 Å². The summed E-state index contributed by atoms with van der Waals surface area (Å²) in [4.78, 5) is 23.2.